The molecule has 3 aromatic rings. The number of ether oxygens (including phenoxy) is 2. The Labute approximate surface area is 179 Å². The number of rotatable bonds is 7. The summed E-state index contributed by atoms with van der Waals surface area (Å²) in [4.78, 5) is 12.4. The second kappa shape index (κ2) is 10.0. The van der Waals surface area contributed by atoms with Crippen LogP contribution in [0.5, 0.6) is 17.2 Å². The fourth-order valence-corrected chi connectivity index (χ4v) is 2.75. The van der Waals surface area contributed by atoms with Crippen LogP contribution in [0.4, 0.5) is 11.4 Å². The van der Waals surface area contributed by atoms with Gasteiger partial charge in [0, 0.05) is 17.6 Å². The number of carbonyl (C=O) groups is 1. The van der Waals surface area contributed by atoms with Crippen molar-refractivity contribution in [2.45, 2.75) is 0 Å². The van der Waals surface area contributed by atoms with Gasteiger partial charge in [-0.25, -0.2) is 0 Å². The highest BCUT2D eigenvalue weighted by atomic mass is 35.5. The summed E-state index contributed by atoms with van der Waals surface area (Å²) in [5.74, 6) is 1.34. The summed E-state index contributed by atoms with van der Waals surface area (Å²) in [5, 5.41) is 15.2. The van der Waals surface area contributed by atoms with E-state index in [0.29, 0.717) is 27.9 Å². The quantitative estimate of drug-likeness (QED) is 0.384. The van der Waals surface area contributed by atoms with Crippen LogP contribution in [0.25, 0.3) is 0 Å². The van der Waals surface area contributed by atoms with Crippen molar-refractivity contribution in [3.63, 3.8) is 0 Å². The highest BCUT2D eigenvalue weighted by Gasteiger charge is 2.11. The Morgan fingerprint density at radius 1 is 1.00 bits per heavy atom. The van der Waals surface area contributed by atoms with Crippen LogP contribution in [0, 0.1) is 11.3 Å². The zero-order valence-corrected chi connectivity index (χ0v) is 16.8. The van der Waals surface area contributed by atoms with E-state index in [1.54, 1.807) is 42.5 Å². The number of nitrogens with one attached hydrogen (secondary N) is 2. The SMILES string of the molecule is COc1ccc(NC(=O)/C(C#N)=C\Nc2ccc(Oc3ccccc3)cc2)cc1Cl. The predicted octanol–water partition coefficient (Wildman–Crippen LogP) is 5.60. The molecule has 0 aliphatic rings. The summed E-state index contributed by atoms with van der Waals surface area (Å²) < 4.78 is 10.8. The van der Waals surface area contributed by atoms with Crippen LogP contribution in [0.15, 0.2) is 84.6 Å². The Bertz CT molecular complexity index is 1090. The molecule has 0 radical (unpaired) electrons. The lowest BCUT2D eigenvalue weighted by Gasteiger charge is -2.08. The van der Waals surface area contributed by atoms with Gasteiger partial charge in [0.1, 0.15) is 28.9 Å². The number of anilines is 2. The summed E-state index contributed by atoms with van der Waals surface area (Å²) >= 11 is 6.05. The van der Waals surface area contributed by atoms with E-state index in [1.165, 1.54) is 13.3 Å². The first-order chi connectivity index (χ1) is 14.6. The Hall–Kier alpha value is -3.95. The van der Waals surface area contributed by atoms with Gasteiger partial charge in [0.2, 0.25) is 0 Å². The van der Waals surface area contributed by atoms with Gasteiger partial charge in [-0.1, -0.05) is 29.8 Å². The van der Waals surface area contributed by atoms with Crippen molar-refractivity contribution in [2.24, 2.45) is 0 Å². The fraction of sp³-hybridized carbons (Fsp3) is 0.0435. The number of carbonyl (C=O) groups excluding carboxylic acids is 1. The lowest BCUT2D eigenvalue weighted by molar-refractivity contribution is -0.112. The highest BCUT2D eigenvalue weighted by Crippen LogP contribution is 2.27. The van der Waals surface area contributed by atoms with Crippen LogP contribution in [0.1, 0.15) is 0 Å². The molecule has 0 aliphatic heterocycles. The molecule has 6 nitrogen and oxygen atoms in total. The molecule has 0 saturated carbocycles. The molecule has 0 aliphatic carbocycles. The average molecular weight is 420 g/mol. The molecular formula is C23H18ClN3O3. The molecule has 150 valence electrons. The number of nitriles is 1. The summed E-state index contributed by atoms with van der Waals surface area (Å²) in [7, 11) is 1.50. The maximum Gasteiger partial charge on any atom is 0.267 e. The third kappa shape index (κ3) is 5.53. The predicted molar refractivity (Wildman–Crippen MR) is 117 cm³/mol. The average Bonchev–Trinajstić information content (AvgIpc) is 2.76. The van der Waals surface area contributed by atoms with Gasteiger partial charge >= 0.3 is 0 Å². The van der Waals surface area contributed by atoms with Crippen molar-refractivity contribution < 1.29 is 14.3 Å². The molecule has 0 fully saturated rings. The molecule has 2 N–H and O–H groups in total. The second-order valence-corrected chi connectivity index (χ2v) is 6.46. The standard InChI is InChI=1S/C23H18ClN3O3/c1-29-22-12-9-18(13-21(22)24)27-23(28)16(14-25)15-26-17-7-10-20(11-8-17)30-19-5-3-2-4-6-19/h2-13,15,26H,1H3,(H,27,28)/b16-15-. The van der Waals surface area contributed by atoms with Gasteiger partial charge in [-0.3, -0.25) is 4.79 Å². The Balaban J connectivity index is 1.62. The summed E-state index contributed by atoms with van der Waals surface area (Å²) in [6.45, 7) is 0. The van der Waals surface area contributed by atoms with E-state index in [1.807, 2.05) is 36.4 Å². The molecule has 3 rings (SSSR count). The van der Waals surface area contributed by atoms with Crippen molar-refractivity contribution >= 4 is 28.9 Å². The summed E-state index contributed by atoms with van der Waals surface area (Å²) in [5.41, 5.74) is 1.06. The molecule has 30 heavy (non-hydrogen) atoms. The Morgan fingerprint density at radius 2 is 1.67 bits per heavy atom. The van der Waals surface area contributed by atoms with Crippen LogP contribution in [0.3, 0.4) is 0 Å². The normalized spacial score (nSPS) is 10.6. The number of benzene rings is 3. The molecule has 0 heterocycles. The number of para-hydroxylation sites is 1. The number of amides is 1. The van der Waals surface area contributed by atoms with E-state index >= 15 is 0 Å². The molecule has 0 spiro atoms. The van der Waals surface area contributed by atoms with Gasteiger partial charge in [-0.2, -0.15) is 5.26 Å². The number of methoxy groups -OCH3 is 1. The first kappa shape index (κ1) is 20.8. The molecular weight excluding hydrogens is 402 g/mol. The van der Waals surface area contributed by atoms with Crippen molar-refractivity contribution in [3.8, 4) is 23.3 Å². The van der Waals surface area contributed by atoms with E-state index in [4.69, 9.17) is 21.1 Å². The minimum atomic E-state index is -0.560. The van der Waals surface area contributed by atoms with Gasteiger partial charge in [0.15, 0.2) is 0 Å². The zero-order chi connectivity index (χ0) is 21.3. The van der Waals surface area contributed by atoms with Gasteiger partial charge in [-0.15, -0.1) is 0 Å². The van der Waals surface area contributed by atoms with Gasteiger partial charge in [0.05, 0.1) is 12.1 Å². The Morgan fingerprint density at radius 3 is 2.30 bits per heavy atom. The molecule has 1 amide bonds. The minimum absolute atomic E-state index is 0.0912. The zero-order valence-electron chi connectivity index (χ0n) is 16.1. The molecule has 0 aromatic heterocycles. The Kier molecular flexibility index (Phi) is 6.93. The van der Waals surface area contributed by atoms with Crippen molar-refractivity contribution in [1.82, 2.24) is 0 Å². The number of hydrogen-bond donors (Lipinski definition) is 2. The largest absolute Gasteiger partial charge is 0.495 e. The fourth-order valence-electron chi connectivity index (χ4n) is 2.49. The molecule has 0 atom stereocenters. The van der Waals surface area contributed by atoms with E-state index in [2.05, 4.69) is 10.6 Å². The second-order valence-electron chi connectivity index (χ2n) is 6.06. The van der Waals surface area contributed by atoms with Crippen LogP contribution in [0.2, 0.25) is 5.02 Å². The summed E-state index contributed by atoms with van der Waals surface area (Å²) in [6, 6.07) is 23.3. The molecule has 0 saturated heterocycles. The number of hydrogen-bond acceptors (Lipinski definition) is 5. The van der Waals surface area contributed by atoms with E-state index in [0.717, 1.165) is 5.75 Å². The minimum Gasteiger partial charge on any atom is -0.495 e. The lowest BCUT2D eigenvalue weighted by atomic mass is 10.2. The molecule has 0 bridgehead atoms. The third-order valence-electron chi connectivity index (χ3n) is 3.99. The maximum atomic E-state index is 12.4. The topological polar surface area (TPSA) is 83.4 Å². The van der Waals surface area contributed by atoms with Crippen LogP contribution in [-0.4, -0.2) is 13.0 Å². The number of halogens is 1. The third-order valence-corrected chi connectivity index (χ3v) is 4.29. The van der Waals surface area contributed by atoms with Crippen LogP contribution in [-0.2, 0) is 4.79 Å². The number of nitrogens with zero attached hydrogens (tertiary/aromatic N) is 1. The molecule has 7 heteroatoms. The first-order valence-electron chi connectivity index (χ1n) is 8.93. The van der Waals surface area contributed by atoms with E-state index in [-0.39, 0.29) is 5.57 Å². The van der Waals surface area contributed by atoms with Crippen molar-refractivity contribution in [3.05, 3.63) is 89.6 Å². The van der Waals surface area contributed by atoms with Gasteiger partial charge < -0.3 is 20.1 Å². The van der Waals surface area contributed by atoms with Gasteiger partial charge in [0.25, 0.3) is 5.91 Å². The van der Waals surface area contributed by atoms with E-state index < -0.39 is 5.91 Å². The molecule has 0 unspecified atom stereocenters. The van der Waals surface area contributed by atoms with Gasteiger partial charge in [-0.05, 0) is 54.6 Å². The first-order valence-corrected chi connectivity index (χ1v) is 9.31. The van der Waals surface area contributed by atoms with Crippen LogP contribution >= 0.6 is 11.6 Å². The molecule has 3 aromatic carbocycles. The maximum absolute atomic E-state index is 12.4. The lowest BCUT2D eigenvalue weighted by Crippen LogP contribution is -2.14. The smallest absolute Gasteiger partial charge is 0.267 e. The highest BCUT2D eigenvalue weighted by molar-refractivity contribution is 6.32. The van der Waals surface area contributed by atoms with Crippen LogP contribution < -0.4 is 20.1 Å². The van der Waals surface area contributed by atoms with Crippen molar-refractivity contribution in [2.75, 3.05) is 17.7 Å². The summed E-state index contributed by atoms with van der Waals surface area (Å²) in [6.07, 6.45) is 1.34. The van der Waals surface area contributed by atoms with Crippen molar-refractivity contribution in [1.29, 1.82) is 5.26 Å². The van der Waals surface area contributed by atoms with E-state index in [9.17, 15) is 10.1 Å². The monoisotopic (exact) mass is 419 g/mol.